The summed E-state index contributed by atoms with van der Waals surface area (Å²) in [7, 11) is 0. The van der Waals surface area contributed by atoms with E-state index >= 15 is 0 Å². The maximum Gasteiger partial charge on any atom is 0.219 e. The number of carbonyl (C=O) groups excluding carboxylic acids is 1. The lowest BCUT2D eigenvalue weighted by Gasteiger charge is -2.36. The molecule has 1 unspecified atom stereocenters. The molecule has 0 aliphatic carbocycles. The number of nitrogens with zero attached hydrogens (tertiary/aromatic N) is 1. The van der Waals surface area contributed by atoms with Crippen LogP contribution in [0.25, 0.3) is 0 Å². The Labute approximate surface area is 72.4 Å². The maximum atomic E-state index is 11.2. The number of hydrogen-bond acceptors (Lipinski definition) is 2. The molecule has 0 aromatic heterocycles. The van der Waals surface area contributed by atoms with Crippen molar-refractivity contribution in [1.82, 2.24) is 4.90 Å². The topological polar surface area (TPSA) is 40.5 Å². The largest absolute Gasteiger partial charge is 0.393 e. The van der Waals surface area contributed by atoms with Crippen molar-refractivity contribution in [3.63, 3.8) is 0 Å². The molecule has 2 heterocycles. The molecule has 68 valence electrons. The van der Waals surface area contributed by atoms with Crippen LogP contribution < -0.4 is 0 Å². The minimum absolute atomic E-state index is 0.168. The van der Waals surface area contributed by atoms with Crippen LogP contribution in [-0.2, 0) is 4.79 Å². The number of carbonyl (C=O) groups is 1. The maximum absolute atomic E-state index is 11.2. The highest BCUT2D eigenvalue weighted by atomic mass is 16.3. The summed E-state index contributed by atoms with van der Waals surface area (Å²) in [6.07, 6.45) is 3.58. The molecule has 3 atom stereocenters. The minimum Gasteiger partial charge on any atom is -0.393 e. The first-order valence-corrected chi connectivity index (χ1v) is 4.65. The van der Waals surface area contributed by atoms with Gasteiger partial charge in [0.05, 0.1) is 6.10 Å². The predicted molar refractivity (Wildman–Crippen MR) is 44.6 cm³/mol. The normalized spacial score (nSPS) is 40.2. The molecule has 0 spiro atoms. The molecule has 0 aromatic rings. The lowest BCUT2D eigenvalue weighted by Crippen LogP contribution is -2.46. The summed E-state index contributed by atoms with van der Waals surface area (Å²) in [5.41, 5.74) is 0. The smallest absolute Gasteiger partial charge is 0.219 e. The Balaban J connectivity index is 2.14. The van der Waals surface area contributed by atoms with Gasteiger partial charge in [-0.3, -0.25) is 4.79 Å². The van der Waals surface area contributed by atoms with Crippen LogP contribution in [-0.4, -0.2) is 34.1 Å². The zero-order valence-corrected chi connectivity index (χ0v) is 7.36. The van der Waals surface area contributed by atoms with Gasteiger partial charge in [-0.05, 0) is 25.7 Å². The first-order chi connectivity index (χ1) is 5.68. The van der Waals surface area contributed by atoms with Crippen molar-refractivity contribution in [2.24, 2.45) is 0 Å². The number of piperidine rings is 1. The molecule has 2 aliphatic rings. The number of aliphatic hydroxyl groups is 1. The Hall–Kier alpha value is -0.570. The molecule has 1 N–H and O–H groups in total. The van der Waals surface area contributed by atoms with Crippen LogP contribution in [0.5, 0.6) is 0 Å². The molecule has 1 amide bonds. The molecule has 2 rings (SSSR count). The van der Waals surface area contributed by atoms with Crippen LogP contribution in [0.1, 0.15) is 32.6 Å². The summed E-state index contributed by atoms with van der Waals surface area (Å²) in [6.45, 7) is 1.63. The van der Waals surface area contributed by atoms with Crippen molar-refractivity contribution in [3.05, 3.63) is 0 Å². The van der Waals surface area contributed by atoms with E-state index in [1.165, 1.54) is 0 Å². The van der Waals surface area contributed by atoms with E-state index in [1.54, 1.807) is 6.92 Å². The first kappa shape index (κ1) is 8.05. The van der Waals surface area contributed by atoms with Crippen LogP contribution in [0.3, 0.4) is 0 Å². The summed E-state index contributed by atoms with van der Waals surface area (Å²) in [5.74, 6) is 0.175. The van der Waals surface area contributed by atoms with Crippen molar-refractivity contribution in [1.29, 1.82) is 0 Å². The van der Waals surface area contributed by atoms with E-state index in [4.69, 9.17) is 0 Å². The monoisotopic (exact) mass is 169 g/mol. The third kappa shape index (κ3) is 1.12. The Kier molecular flexibility index (Phi) is 1.83. The highest BCUT2D eigenvalue weighted by Crippen LogP contribution is 2.35. The zero-order valence-electron chi connectivity index (χ0n) is 7.36. The zero-order chi connectivity index (χ0) is 8.72. The van der Waals surface area contributed by atoms with Gasteiger partial charge >= 0.3 is 0 Å². The second-order valence-corrected chi connectivity index (χ2v) is 3.94. The molecule has 0 aromatic carbocycles. The van der Waals surface area contributed by atoms with Gasteiger partial charge < -0.3 is 10.0 Å². The highest BCUT2D eigenvalue weighted by Gasteiger charge is 2.41. The van der Waals surface area contributed by atoms with Crippen molar-refractivity contribution in [2.75, 3.05) is 0 Å². The van der Waals surface area contributed by atoms with Gasteiger partial charge in [0.2, 0.25) is 5.91 Å². The summed E-state index contributed by atoms with van der Waals surface area (Å²) >= 11 is 0. The van der Waals surface area contributed by atoms with Crippen LogP contribution in [0, 0.1) is 0 Å². The summed E-state index contributed by atoms with van der Waals surface area (Å²) in [5, 5.41) is 9.45. The second kappa shape index (κ2) is 2.73. The number of amides is 1. The fourth-order valence-corrected chi connectivity index (χ4v) is 2.66. The SMILES string of the molecule is CC(=O)N1[C@@H]2CC[C@H]1CC(O)C2. The first-order valence-electron chi connectivity index (χ1n) is 4.65. The predicted octanol–water partition coefficient (Wildman–Crippen LogP) is 0.521. The van der Waals surface area contributed by atoms with E-state index in [1.807, 2.05) is 4.90 Å². The molecule has 3 nitrogen and oxygen atoms in total. The minimum atomic E-state index is -0.168. The quantitative estimate of drug-likeness (QED) is 0.574. The van der Waals surface area contributed by atoms with Gasteiger partial charge in [-0.25, -0.2) is 0 Å². The summed E-state index contributed by atoms with van der Waals surface area (Å²) < 4.78 is 0. The van der Waals surface area contributed by atoms with E-state index in [2.05, 4.69) is 0 Å². The lowest BCUT2D eigenvalue weighted by atomic mass is 10.00. The number of hydrogen-bond donors (Lipinski definition) is 1. The molecule has 12 heavy (non-hydrogen) atoms. The van der Waals surface area contributed by atoms with Gasteiger partial charge in [0.15, 0.2) is 0 Å². The molecule has 2 aliphatic heterocycles. The Morgan fingerprint density at radius 1 is 1.33 bits per heavy atom. The number of rotatable bonds is 0. The highest BCUT2D eigenvalue weighted by molar-refractivity contribution is 5.74. The fraction of sp³-hybridized carbons (Fsp3) is 0.889. The van der Waals surface area contributed by atoms with Crippen molar-refractivity contribution in [2.45, 2.75) is 50.8 Å². The van der Waals surface area contributed by atoms with E-state index in [0.717, 1.165) is 25.7 Å². The van der Waals surface area contributed by atoms with Gasteiger partial charge in [0.25, 0.3) is 0 Å². The van der Waals surface area contributed by atoms with Crippen LogP contribution in [0.2, 0.25) is 0 Å². The van der Waals surface area contributed by atoms with Gasteiger partial charge in [-0.15, -0.1) is 0 Å². The Bertz CT molecular complexity index is 191. The van der Waals surface area contributed by atoms with Gasteiger partial charge in [0, 0.05) is 19.0 Å². The molecule has 2 bridgehead atoms. The molecule has 3 heteroatoms. The van der Waals surface area contributed by atoms with Crippen molar-refractivity contribution < 1.29 is 9.90 Å². The van der Waals surface area contributed by atoms with Crippen LogP contribution >= 0.6 is 0 Å². The fourth-order valence-electron chi connectivity index (χ4n) is 2.66. The number of fused-ring (bicyclic) bond motifs is 2. The third-order valence-corrected chi connectivity index (χ3v) is 3.07. The molecular formula is C9H15NO2. The van der Waals surface area contributed by atoms with E-state index in [0.29, 0.717) is 12.1 Å². The van der Waals surface area contributed by atoms with Crippen LogP contribution in [0.15, 0.2) is 0 Å². The van der Waals surface area contributed by atoms with Gasteiger partial charge in [-0.2, -0.15) is 0 Å². The second-order valence-electron chi connectivity index (χ2n) is 3.94. The molecule has 0 saturated carbocycles. The Morgan fingerprint density at radius 3 is 2.25 bits per heavy atom. The van der Waals surface area contributed by atoms with Gasteiger partial charge in [-0.1, -0.05) is 0 Å². The van der Waals surface area contributed by atoms with E-state index < -0.39 is 0 Å². The summed E-state index contributed by atoms with van der Waals surface area (Å²) in [6, 6.07) is 0.660. The average Bonchev–Trinajstić information content (AvgIpc) is 2.24. The number of aliphatic hydroxyl groups excluding tert-OH is 1. The Morgan fingerprint density at radius 2 is 1.83 bits per heavy atom. The van der Waals surface area contributed by atoms with Crippen molar-refractivity contribution in [3.8, 4) is 0 Å². The molecule has 0 radical (unpaired) electrons. The average molecular weight is 169 g/mol. The van der Waals surface area contributed by atoms with E-state index in [-0.39, 0.29) is 12.0 Å². The van der Waals surface area contributed by atoms with Crippen molar-refractivity contribution >= 4 is 5.91 Å². The van der Waals surface area contributed by atoms with E-state index in [9.17, 15) is 9.90 Å². The molecule has 2 fully saturated rings. The van der Waals surface area contributed by atoms with Crippen LogP contribution in [0.4, 0.5) is 0 Å². The third-order valence-electron chi connectivity index (χ3n) is 3.07. The molecular weight excluding hydrogens is 154 g/mol. The van der Waals surface area contributed by atoms with Gasteiger partial charge in [0.1, 0.15) is 0 Å². The standard InChI is InChI=1S/C9H15NO2/c1-6(11)10-7-2-3-8(10)5-9(12)4-7/h7-9,12H,2-5H2,1H3/t7-,8+,9?. The summed E-state index contributed by atoms with van der Waals surface area (Å²) in [4.78, 5) is 13.2. The lowest BCUT2D eigenvalue weighted by molar-refractivity contribution is -0.134. The molecule has 2 saturated heterocycles.